The lowest BCUT2D eigenvalue weighted by atomic mass is 10.2. The van der Waals surface area contributed by atoms with Crippen molar-refractivity contribution < 1.29 is 9.15 Å². The zero-order chi connectivity index (χ0) is 13.9. The molecule has 0 amide bonds. The molecule has 0 bridgehead atoms. The predicted octanol–water partition coefficient (Wildman–Crippen LogP) is 2.35. The van der Waals surface area contributed by atoms with Gasteiger partial charge in [-0.05, 0) is 17.7 Å². The van der Waals surface area contributed by atoms with Gasteiger partial charge in [0.2, 0.25) is 0 Å². The molecule has 20 heavy (non-hydrogen) atoms. The Morgan fingerprint density at radius 3 is 2.75 bits per heavy atom. The van der Waals surface area contributed by atoms with Crippen molar-refractivity contribution in [2.24, 2.45) is 0 Å². The second-order valence-electron chi connectivity index (χ2n) is 4.49. The number of hydrogen-bond acceptors (Lipinski definition) is 4. The number of nitrogens with zero attached hydrogens (tertiary/aromatic N) is 1. The number of benzene rings is 2. The van der Waals surface area contributed by atoms with Crippen LogP contribution in [0.2, 0.25) is 0 Å². The summed E-state index contributed by atoms with van der Waals surface area (Å²) in [5, 5.41) is 0. The first kappa shape index (κ1) is 12.5. The lowest BCUT2D eigenvalue weighted by Gasteiger charge is -2.05. The smallest absolute Gasteiger partial charge is 0.408 e. The fourth-order valence-corrected chi connectivity index (χ4v) is 2.03. The van der Waals surface area contributed by atoms with Crippen molar-refractivity contribution in [2.45, 2.75) is 13.3 Å². The summed E-state index contributed by atoms with van der Waals surface area (Å²) < 4.78 is 12.1. The number of hydrogen-bond donors (Lipinski definition) is 1. The van der Waals surface area contributed by atoms with Gasteiger partial charge in [0.1, 0.15) is 6.73 Å². The van der Waals surface area contributed by atoms with E-state index < -0.39 is 5.76 Å². The van der Waals surface area contributed by atoms with Crippen molar-refractivity contribution >= 4 is 16.8 Å². The molecule has 0 aliphatic carbocycles. The van der Waals surface area contributed by atoms with E-state index in [1.807, 2.05) is 30.3 Å². The summed E-state index contributed by atoms with van der Waals surface area (Å²) in [5.74, 6) is -0.446. The van der Waals surface area contributed by atoms with Crippen LogP contribution in [0.3, 0.4) is 0 Å². The molecule has 1 heterocycles. The quantitative estimate of drug-likeness (QED) is 0.739. The van der Waals surface area contributed by atoms with Crippen LogP contribution >= 0.6 is 0 Å². The molecule has 0 aliphatic rings. The average molecular weight is 270 g/mol. The number of oxazole rings is 1. The third-order valence-corrected chi connectivity index (χ3v) is 3.02. The number of anilines is 1. The van der Waals surface area contributed by atoms with Crippen LogP contribution in [0.5, 0.6) is 0 Å². The summed E-state index contributed by atoms with van der Waals surface area (Å²) in [6.07, 6.45) is 0. The predicted molar refractivity (Wildman–Crippen MR) is 76.1 cm³/mol. The number of nitrogens with two attached hydrogens (primary N) is 1. The van der Waals surface area contributed by atoms with E-state index in [1.54, 1.807) is 18.2 Å². The van der Waals surface area contributed by atoms with Gasteiger partial charge in [-0.25, -0.2) is 9.36 Å². The molecule has 1 aromatic heterocycles. The molecule has 0 unspecified atom stereocenters. The van der Waals surface area contributed by atoms with Gasteiger partial charge in [-0.3, -0.25) is 0 Å². The highest BCUT2D eigenvalue weighted by Crippen LogP contribution is 2.16. The molecular formula is C15H14N2O3. The molecule has 0 aliphatic heterocycles. The maximum Gasteiger partial charge on any atom is 0.421 e. The van der Waals surface area contributed by atoms with Crippen molar-refractivity contribution in [1.82, 2.24) is 4.57 Å². The van der Waals surface area contributed by atoms with Crippen molar-refractivity contribution in [1.29, 1.82) is 0 Å². The summed E-state index contributed by atoms with van der Waals surface area (Å²) in [4.78, 5) is 11.8. The second kappa shape index (κ2) is 5.22. The van der Waals surface area contributed by atoms with Crippen molar-refractivity contribution in [3.8, 4) is 0 Å². The van der Waals surface area contributed by atoms with Crippen LogP contribution in [0.15, 0.2) is 57.7 Å². The minimum atomic E-state index is -0.446. The molecule has 0 fully saturated rings. The van der Waals surface area contributed by atoms with Crippen LogP contribution in [0, 0.1) is 0 Å². The number of fused-ring (bicyclic) bond motifs is 1. The van der Waals surface area contributed by atoms with Gasteiger partial charge in [0.05, 0.1) is 12.1 Å². The maximum atomic E-state index is 11.8. The number of ether oxygens (including phenoxy) is 1. The Morgan fingerprint density at radius 1 is 1.15 bits per heavy atom. The monoisotopic (exact) mass is 270 g/mol. The van der Waals surface area contributed by atoms with Crippen LogP contribution in [0.1, 0.15) is 5.56 Å². The zero-order valence-electron chi connectivity index (χ0n) is 10.8. The van der Waals surface area contributed by atoms with Gasteiger partial charge in [0.25, 0.3) is 0 Å². The second-order valence-corrected chi connectivity index (χ2v) is 4.49. The molecular weight excluding hydrogens is 256 g/mol. The largest absolute Gasteiger partial charge is 0.421 e. The summed E-state index contributed by atoms with van der Waals surface area (Å²) in [7, 11) is 0. The third-order valence-electron chi connectivity index (χ3n) is 3.02. The Morgan fingerprint density at radius 2 is 1.95 bits per heavy atom. The van der Waals surface area contributed by atoms with E-state index in [9.17, 15) is 4.79 Å². The molecule has 0 saturated carbocycles. The SMILES string of the molecule is Nc1ccc2c(c1)oc(=O)n2COCc1ccccc1. The van der Waals surface area contributed by atoms with Crippen LogP contribution in [0.4, 0.5) is 5.69 Å². The first-order valence-electron chi connectivity index (χ1n) is 6.24. The van der Waals surface area contributed by atoms with E-state index in [-0.39, 0.29) is 6.73 Å². The van der Waals surface area contributed by atoms with Gasteiger partial charge in [-0.2, -0.15) is 0 Å². The number of rotatable bonds is 4. The van der Waals surface area contributed by atoms with E-state index in [1.165, 1.54) is 4.57 Å². The van der Waals surface area contributed by atoms with E-state index in [0.29, 0.717) is 23.4 Å². The highest BCUT2D eigenvalue weighted by atomic mass is 16.5. The minimum Gasteiger partial charge on any atom is -0.408 e. The molecule has 2 N–H and O–H groups in total. The normalized spacial score (nSPS) is 11.0. The van der Waals surface area contributed by atoms with Crippen molar-refractivity contribution in [3.63, 3.8) is 0 Å². The summed E-state index contributed by atoms with van der Waals surface area (Å²) in [6, 6.07) is 14.9. The Kier molecular flexibility index (Phi) is 3.26. The Bertz CT molecular complexity index is 775. The molecule has 0 saturated heterocycles. The third kappa shape index (κ3) is 2.44. The van der Waals surface area contributed by atoms with E-state index in [0.717, 1.165) is 5.56 Å². The van der Waals surface area contributed by atoms with Crippen molar-refractivity contribution in [3.05, 3.63) is 64.6 Å². The molecule has 3 rings (SSSR count). The van der Waals surface area contributed by atoms with Gasteiger partial charge < -0.3 is 14.9 Å². The van der Waals surface area contributed by atoms with E-state index >= 15 is 0 Å². The first-order chi connectivity index (χ1) is 9.74. The standard InChI is InChI=1S/C15H14N2O3/c16-12-6-7-13-14(8-12)20-15(18)17(13)10-19-9-11-4-2-1-3-5-11/h1-8H,9-10,16H2. The Balaban J connectivity index is 1.78. The lowest BCUT2D eigenvalue weighted by molar-refractivity contribution is 0.0621. The summed E-state index contributed by atoms with van der Waals surface area (Å²) in [6.45, 7) is 0.583. The number of nitrogen functional groups attached to an aromatic ring is 1. The summed E-state index contributed by atoms with van der Waals surface area (Å²) >= 11 is 0. The van der Waals surface area contributed by atoms with Gasteiger partial charge in [-0.15, -0.1) is 0 Å². The van der Waals surface area contributed by atoms with E-state index in [2.05, 4.69) is 0 Å². The molecule has 0 spiro atoms. The van der Waals surface area contributed by atoms with Crippen LogP contribution in [-0.4, -0.2) is 4.57 Å². The van der Waals surface area contributed by atoms with Crippen LogP contribution in [0.25, 0.3) is 11.1 Å². The fourth-order valence-electron chi connectivity index (χ4n) is 2.03. The molecule has 3 aromatic rings. The zero-order valence-corrected chi connectivity index (χ0v) is 10.8. The Hall–Kier alpha value is -2.53. The van der Waals surface area contributed by atoms with Gasteiger partial charge in [-0.1, -0.05) is 30.3 Å². The van der Waals surface area contributed by atoms with Gasteiger partial charge >= 0.3 is 5.76 Å². The highest BCUT2D eigenvalue weighted by molar-refractivity contribution is 5.76. The molecule has 102 valence electrons. The summed E-state index contributed by atoms with van der Waals surface area (Å²) in [5.41, 5.74) is 8.42. The molecule has 5 nitrogen and oxygen atoms in total. The highest BCUT2D eigenvalue weighted by Gasteiger charge is 2.09. The first-order valence-corrected chi connectivity index (χ1v) is 6.24. The maximum absolute atomic E-state index is 11.8. The number of aromatic nitrogens is 1. The molecule has 2 aromatic carbocycles. The van der Waals surface area contributed by atoms with Crippen molar-refractivity contribution in [2.75, 3.05) is 5.73 Å². The van der Waals surface area contributed by atoms with Crippen LogP contribution in [-0.2, 0) is 18.1 Å². The Labute approximate surface area is 115 Å². The topological polar surface area (TPSA) is 70.4 Å². The lowest BCUT2D eigenvalue weighted by Crippen LogP contribution is -2.15. The minimum absolute atomic E-state index is 0.143. The van der Waals surface area contributed by atoms with E-state index in [4.69, 9.17) is 14.9 Å². The molecule has 5 heteroatoms. The van der Waals surface area contributed by atoms with Gasteiger partial charge in [0, 0.05) is 11.8 Å². The van der Waals surface area contributed by atoms with Gasteiger partial charge in [0.15, 0.2) is 5.58 Å². The molecule has 0 atom stereocenters. The fraction of sp³-hybridized carbons (Fsp3) is 0.133. The molecule has 0 radical (unpaired) electrons. The average Bonchev–Trinajstić information content (AvgIpc) is 2.75. The van der Waals surface area contributed by atoms with Crippen LogP contribution < -0.4 is 11.5 Å².